The fraction of sp³-hybridized carbons (Fsp3) is 0.588. The molecule has 2 aromatic heterocycles. The van der Waals surface area contributed by atoms with Gasteiger partial charge in [0.1, 0.15) is 11.6 Å². The minimum Gasteiger partial charge on any atom is -0.467 e. The first-order valence-electron chi connectivity index (χ1n) is 8.67. The monoisotopic (exact) mass is 346 g/mol. The van der Waals surface area contributed by atoms with E-state index in [0.717, 1.165) is 29.6 Å². The largest absolute Gasteiger partial charge is 0.467 e. The van der Waals surface area contributed by atoms with Gasteiger partial charge in [-0.15, -0.1) is 10.2 Å². The van der Waals surface area contributed by atoms with Gasteiger partial charge in [0.2, 0.25) is 5.91 Å². The van der Waals surface area contributed by atoms with Gasteiger partial charge < -0.3 is 9.73 Å². The molecule has 1 amide bonds. The molecule has 1 N–H and O–H groups in total. The predicted molar refractivity (Wildman–Crippen MR) is 90.9 cm³/mol. The van der Waals surface area contributed by atoms with Crippen LogP contribution in [0.4, 0.5) is 0 Å². The third-order valence-electron chi connectivity index (χ3n) is 4.63. The van der Waals surface area contributed by atoms with Crippen LogP contribution in [0.15, 0.2) is 28.0 Å². The Kier molecular flexibility index (Phi) is 4.60. The van der Waals surface area contributed by atoms with Crippen molar-refractivity contribution in [3.05, 3.63) is 30.0 Å². The number of thioether (sulfide) groups is 1. The topological polar surface area (TPSA) is 73.0 Å². The zero-order chi connectivity index (χ0) is 16.4. The van der Waals surface area contributed by atoms with Crippen molar-refractivity contribution in [3.63, 3.8) is 0 Å². The number of aromatic nitrogens is 3. The second-order valence-electron chi connectivity index (χ2n) is 6.62. The standard InChI is InChI=1S/C17H22N4O2S/c22-15(18-13-4-1-2-5-13)11-24-17-20-19-16(12-7-8-12)21(17)10-14-6-3-9-23-14/h3,6,9,12-13H,1-2,4-5,7-8,10-11H2,(H,18,22). The van der Waals surface area contributed by atoms with Gasteiger partial charge in [0.15, 0.2) is 5.16 Å². The third-order valence-corrected chi connectivity index (χ3v) is 5.60. The Balaban J connectivity index is 1.41. The van der Waals surface area contributed by atoms with E-state index in [4.69, 9.17) is 4.42 Å². The highest BCUT2D eigenvalue weighted by Crippen LogP contribution is 2.40. The van der Waals surface area contributed by atoms with E-state index in [1.165, 1.54) is 37.4 Å². The SMILES string of the molecule is O=C(CSc1nnc(C2CC2)n1Cc1ccco1)NC1CCCC1. The first-order chi connectivity index (χ1) is 11.8. The molecule has 0 aromatic carbocycles. The number of carbonyl (C=O) groups excluding carboxylic acids is 1. The minimum absolute atomic E-state index is 0.0902. The summed E-state index contributed by atoms with van der Waals surface area (Å²) < 4.78 is 7.57. The van der Waals surface area contributed by atoms with Crippen molar-refractivity contribution < 1.29 is 9.21 Å². The van der Waals surface area contributed by atoms with Crippen LogP contribution in [0.5, 0.6) is 0 Å². The average molecular weight is 346 g/mol. The van der Waals surface area contributed by atoms with E-state index in [-0.39, 0.29) is 5.91 Å². The molecule has 0 atom stereocenters. The molecule has 2 aliphatic rings. The lowest BCUT2D eigenvalue weighted by atomic mass is 10.2. The van der Waals surface area contributed by atoms with Crippen LogP contribution in [0, 0.1) is 0 Å². The number of nitrogens with one attached hydrogen (secondary N) is 1. The Labute approximate surface area is 145 Å². The van der Waals surface area contributed by atoms with Crippen molar-refractivity contribution in [2.45, 2.75) is 62.2 Å². The molecule has 2 fully saturated rings. The summed E-state index contributed by atoms with van der Waals surface area (Å²) >= 11 is 1.46. The lowest BCUT2D eigenvalue weighted by Crippen LogP contribution is -2.33. The number of nitrogens with zero attached hydrogens (tertiary/aromatic N) is 3. The van der Waals surface area contributed by atoms with Crippen LogP contribution >= 0.6 is 11.8 Å². The lowest BCUT2D eigenvalue weighted by Gasteiger charge is -2.12. The lowest BCUT2D eigenvalue weighted by molar-refractivity contribution is -0.119. The van der Waals surface area contributed by atoms with E-state index in [0.29, 0.717) is 24.3 Å². The van der Waals surface area contributed by atoms with Gasteiger partial charge >= 0.3 is 0 Å². The number of carbonyl (C=O) groups is 1. The summed E-state index contributed by atoms with van der Waals surface area (Å²) in [7, 11) is 0. The predicted octanol–water partition coefficient (Wildman–Crippen LogP) is 2.95. The summed E-state index contributed by atoms with van der Waals surface area (Å²) in [5, 5.41) is 12.6. The normalized spacial score (nSPS) is 18.2. The van der Waals surface area contributed by atoms with Gasteiger partial charge in [-0.3, -0.25) is 9.36 Å². The molecule has 4 rings (SSSR count). The van der Waals surface area contributed by atoms with Gasteiger partial charge in [0, 0.05) is 12.0 Å². The maximum absolute atomic E-state index is 12.1. The fourth-order valence-corrected chi connectivity index (χ4v) is 3.98. The summed E-state index contributed by atoms with van der Waals surface area (Å²) in [6, 6.07) is 4.21. The van der Waals surface area contributed by atoms with Gasteiger partial charge in [-0.2, -0.15) is 0 Å². The van der Waals surface area contributed by atoms with Crippen molar-refractivity contribution in [1.82, 2.24) is 20.1 Å². The quantitative estimate of drug-likeness (QED) is 0.780. The molecular weight excluding hydrogens is 324 g/mol. The van der Waals surface area contributed by atoms with Gasteiger partial charge in [0.25, 0.3) is 0 Å². The molecule has 2 aromatic rings. The highest BCUT2D eigenvalue weighted by Gasteiger charge is 2.31. The second kappa shape index (κ2) is 7.01. The van der Waals surface area contributed by atoms with E-state index in [1.807, 2.05) is 12.1 Å². The zero-order valence-electron chi connectivity index (χ0n) is 13.6. The molecule has 0 unspecified atom stereocenters. The summed E-state index contributed by atoms with van der Waals surface area (Å²) in [6.07, 6.45) is 8.68. The molecule has 7 heteroatoms. The van der Waals surface area contributed by atoms with E-state index in [1.54, 1.807) is 6.26 Å². The van der Waals surface area contributed by atoms with Crippen LogP contribution in [-0.2, 0) is 11.3 Å². The van der Waals surface area contributed by atoms with Crippen LogP contribution in [0.2, 0.25) is 0 Å². The van der Waals surface area contributed by atoms with E-state index >= 15 is 0 Å². The summed E-state index contributed by atoms with van der Waals surface area (Å²) in [5.41, 5.74) is 0. The molecule has 2 heterocycles. The van der Waals surface area contributed by atoms with Crippen molar-refractivity contribution in [2.75, 3.05) is 5.75 Å². The maximum Gasteiger partial charge on any atom is 0.230 e. The number of amides is 1. The number of furan rings is 1. The Bertz CT molecular complexity index is 688. The summed E-state index contributed by atoms with van der Waals surface area (Å²) in [6.45, 7) is 0.623. The Morgan fingerprint density at radius 2 is 2.12 bits per heavy atom. The third kappa shape index (κ3) is 3.66. The first-order valence-corrected chi connectivity index (χ1v) is 9.66. The Morgan fingerprint density at radius 1 is 1.29 bits per heavy atom. The van der Waals surface area contributed by atoms with Crippen LogP contribution in [0.1, 0.15) is 56.0 Å². The molecule has 0 bridgehead atoms. The van der Waals surface area contributed by atoms with Crippen LogP contribution in [0.3, 0.4) is 0 Å². The Morgan fingerprint density at radius 3 is 2.83 bits per heavy atom. The van der Waals surface area contributed by atoms with Crippen molar-refractivity contribution >= 4 is 17.7 Å². The molecule has 0 aliphatic heterocycles. The molecule has 0 spiro atoms. The molecule has 128 valence electrons. The maximum atomic E-state index is 12.1. The van der Waals surface area contributed by atoms with Crippen LogP contribution < -0.4 is 5.32 Å². The number of hydrogen-bond acceptors (Lipinski definition) is 5. The highest BCUT2D eigenvalue weighted by molar-refractivity contribution is 7.99. The van der Waals surface area contributed by atoms with E-state index in [9.17, 15) is 4.79 Å². The molecule has 6 nitrogen and oxygen atoms in total. The number of hydrogen-bond donors (Lipinski definition) is 1. The van der Waals surface area contributed by atoms with Crippen molar-refractivity contribution in [2.24, 2.45) is 0 Å². The van der Waals surface area contributed by atoms with E-state index < -0.39 is 0 Å². The fourth-order valence-electron chi connectivity index (χ4n) is 3.23. The van der Waals surface area contributed by atoms with Gasteiger partial charge in [-0.05, 0) is 37.8 Å². The van der Waals surface area contributed by atoms with Crippen molar-refractivity contribution in [3.8, 4) is 0 Å². The molecule has 0 saturated heterocycles. The first kappa shape index (κ1) is 15.7. The number of rotatable bonds is 7. The van der Waals surface area contributed by atoms with Gasteiger partial charge in [-0.1, -0.05) is 24.6 Å². The van der Waals surface area contributed by atoms with Crippen LogP contribution in [0.25, 0.3) is 0 Å². The molecule has 0 radical (unpaired) electrons. The minimum atomic E-state index is 0.0902. The molecule has 2 saturated carbocycles. The van der Waals surface area contributed by atoms with Crippen molar-refractivity contribution in [1.29, 1.82) is 0 Å². The van der Waals surface area contributed by atoms with Gasteiger partial charge in [0.05, 0.1) is 18.6 Å². The van der Waals surface area contributed by atoms with Crippen LogP contribution in [-0.4, -0.2) is 32.5 Å². The highest BCUT2D eigenvalue weighted by atomic mass is 32.2. The zero-order valence-corrected chi connectivity index (χ0v) is 14.4. The Hall–Kier alpha value is -1.76. The molecule has 24 heavy (non-hydrogen) atoms. The molecular formula is C17H22N4O2S. The average Bonchev–Trinajstić information content (AvgIpc) is 2.99. The smallest absolute Gasteiger partial charge is 0.230 e. The van der Waals surface area contributed by atoms with Gasteiger partial charge in [-0.25, -0.2) is 0 Å². The molecule has 2 aliphatic carbocycles. The second-order valence-corrected chi connectivity index (χ2v) is 7.56. The summed E-state index contributed by atoms with van der Waals surface area (Å²) in [4.78, 5) is 12.1. The van der Waals surface area contributed by atoms with E-state index in [2.05, 4.69) is 20.1 Å². The summed E-state index contributed by atoms with van der Waals surface area (Å²) in [5.74, 6) is 2.89.